The number of amides is 1. The first-order chi connectivity index (χ1) is 18.1. The average molecular weight is 497 g/mol. The molecule has 0 saturated heterocycles. The number of rotatable bonds is 10. The van der Waals surface area contributed by atoms with Crippen LogP contribution in [0, 0.1) is 0 Å². The van der Waals surface area contributed by atoms with E-state index < -0.39 is 6.04 Å². The van der Waals surface area contributed by atoms with Crippen LogP contribution >= 0.6 is 0 Å². The maximum atomic E-state index is 13.9. The summed E-state index contributed by atoms with van der Waals surface area (Å²) in [6.45, 7) is 11.7. The molecule has 0 radical (unpaired) electrons. The van der Waals surface area contributed by atoms with E-state index in [4.69, 9.17) is 9.15 Å². The van der Waals surface area contributed by atoms with Crippen LogP contribution in [0.25, 0.3) is 21.7 Å². The van der Waals surface area contributed by atoms with E-state index in [1.54, 1.807) is 17.0 Å². The van der Waals surface area contributed by atoms with E-state index in [-0.39, 0.29) is 17.1 Å². The van der Waals surface area contributed by atoms with Gasteiger partial charge in [-0.2, -0.15) is 0 Å². The number of hydrogen-bond donors (Lipinski definition) is 0. The number of benzene rings is 3. The van der Waals surface area contributed by atoms with Crippen molar-refractivity contribution >= 4 is 27.6 Å². The molecule has 1 amide bonds. The molecule has 0 bridgehead atoms. The van der Waals surface area contributed by atoms with Gasteiger partial charge in [-0.05, 0) is 55.2 Å². The van der Waals surface area contributed by atoms with E-state index >= 15 is 0 Å². The highest BCUT2D eigenvalue weighted by atomic mass is 16.5. The van der Waals surface area contributed by atoms with Crippen LogP contribution in [0.15, 0.2) is 82.5 Å². The molecule has 0 fully saturated rings. The average Bonchev–Trinajstić information content (AvgIpc) is 3.21. The van der Waals surface area contributed by atoms with E-state index in [0.29, 0.717) is 35.4 Å². The SMILES string of the molecule is C=CCOc1ccc(C2c3c(oc4c(ccc5ccccc54)c3=O)C(=O)N2CCCN(CC)CC)cc1. The Morgan fingerprint density at radius 2 is 1.76 bits per heavy atom. The molecule has 5 rings (SSSR count). The van der Waals surface area contributed by atoms with Crippen LogP contribution in [0.4, 0.5) is 0 Å². The summed E-state index contributed by atoms with van der Waals surface area (Å²) < 4.78 is 11.9. The van der Waals surface area contributed by atoms with Gasteiger partial charge in [0.25, 0.3) is 5.91 Å². The Morgan fingerprint density at radius 1 is 1.00 bits per heavy atom. The second-order valence-corrected chi connectivity index (χ2v) is 9.29. The molecule has 1 aliphatic heterocycles. The number of hydrogen-bond acceptors (Lipinski definition) is 5. The zero-order valence-corrected chi connectivity index (χ0v) is 21.4. The minimum Gasteiger partial charge on any atom is -0.490 e. The molecule has 0 N–H and O–H groups in total. The quantitative estimate of drug-likeness (QED) is 0.205. The summed E-state index contributed by atoms with van der Waals surface area (Å²) in [5, 5.41) is 2.28. The van der Waals surface area contributed by atoms with Crippen molar-refractivity contribution in [3.8, 4) is 5.75 Å². The second-order valence-electron chi connectivity index (χ2n) is 9.29. The minimum atomic E-state index is -0.514. The van der Waals surface area contributed by atoms with Crippen molar-refractivity contribution in [1.29, 1.82) is 0 Å². The third-order valence-electron chi connectivity index (χ3n) is 7.19. The maximum Gasteiger partial charge on any atom is 0.290 e. The van der Waals surface area contributed by atoms with Crippen molar-refractivity contribution in [2.24, 2.45) is 0 Å². The molecule has 6 heteroatoms. The first-order valence-electron chi connectivity index (χ1n) is 12.9. The summed E-state index contributed by atoms with van der Waals surface area (Å²) in [4.78, 5) is 31.8. The molecule has 3 aromatic carbocycles. The fraction of sp³-hybridized carbons (Fsp3) is 0.290. The molecule has 1 aromatic heterocycles. The normalized spacial score (nSPS) is 15.1. The monoisotopic (exact) mass is 496 g/mol. The van der Waals surface area contributed by atoms with Crippen LogP contribution in [-0.2, 0) is 0 Å². The van der Waals surface area contributed by atoms with Gasteiger partial charge in [0, 0.05) is 11.9 Å². The van der Waals surface area contributed by atoms with Crippen LogP contribution in [0.5, 0.6) is 5.75 Å². The molecule has 0 saturated carbocycles. The molecule has 37 heavy (non-hydrogen) atoms. The van der Waals surface area contributed by atoms with Gasteiger partial charge < -0.3 is 19.0 Å². The van der Waals surface area contributed by atoms with Crippen LogP contribution in [0.1, 0.15) is 48.0 Å². The summed E-state index contributed by atoms with van der Waals surface area (Å²) in [5.74, 6) is 0.616. The van der Waals surface area contributed by atoms with E-state index in [1.807, 2.05) is 54.6 Å². The lowest BCUT2D eigenvalue weighted by molar-refractivity contribution is 0.0720. The fourth-order valence-corrected chi connectivity index (χ4v) is 5.23. The number of fused-ring (bicyclic) bond motifs is 4. The summed E-state index contributed by atoms with van der Waals surface area (Å²) in [5.41, 5.74) is 1.58. The molecule has 1 aliphatic rings. The van der Waals surface area contributed by atoms with Crippen LogP contribution in [0.3, 0.4) is 0 Å². The third kappa shape index (κ3) is 4.53. The Bertz CT molecular complexity index is 1500. The number of carbonyl (C=O) groups is 1. The summed E-state index contributed by atoms with van der Waals surface area (Å²) in [7, 11) is 0. The predicted molar refractivity (Wildman–Crippen MR) is 147 cm³/mol. The Balaban J connectivity index is 1.61. The molecular weight excluding hydrogens is 464 g/mol. The van der Waals surface area contributed by atoms with Crippen molar-refractivity contribution in [1.82, 2.24) is 9.80 Å². The summed E-state index contributed by atoms with van der Waals surface area (Å²) >= 11 is 0. The Kier molecular flexibility index (Phi) is 7.10. The lowest BCUT2D eigenvalue weighted by Gasteiger charge is -2.26. The minimum absolute atomic E-state index is 0.147. The molecule has 190 valence electrons. The Hall–Kier alpha value is -3.90. The molecule has 2 heterocycles. The molecule has 4 aromatic rings. The largest absolute Gasteiger partial charge is 0.490 e. The number of ether oxygens (including phenoxy) is 1. The van der Waals surface area contributed by atoms with E-state index in [2.05, 4.69) is 25.3 Å². The highest BCUT2D eigenvalue weighted by molar-refractivity contribution is 6.06. The van der Waals surface area contributed by atoms with E-state index in [1.165, 1.54) is 0 Å². The number of nitrogens with zero attached hydrogens (tertiary/aromatic N) is 2. The standard InChI is InChI=1S/C31H32N2O4/c1-4-20-36-23-15-12-22(13-16-23)27-26-28(34)25-17-14-21-10-7-8-11-24(21)29(25)37-30(26)31(35)33(27)19-9-18-32(5-2)6-3/h4,7-8,10-17,27H,1,5-6,9,18-20H2,2-3H3. The fourth-order valence-electron chi connectivity index (χ4n) is 5.23. The van der Waals surface area contributed by atoms with Gasteiger partial charge in [0.15, 0.2) is 5.43 Å². The van der Waals surface area contributed by atoms with Gasteiger partial charge in [0.05, 0.1) is 17.0 Å². The lowest BCUT2D eigenvalue weighted by atomic mass is 9.97. The molecule has 6 nitrogen and oxygen atoms in total. The second kappa shape index (κ2) is 10.6. The van der Waals surface area contributed by atoms with Gasteiger partial charge in [-0.3, -0.25) is 9.59 Å². The predicted octanol–water partition coefficient (Wildman–Crippen LogP) is 5.79. The first kappa shape index (κ1) is 24.8. The lowest BCUT2D eigenvalue weighted by Crippen LogP contribution is -2.33. The van der Waals surface area contributed by atoms with Crippen molar-refractivity contribution in [3.63, 3.8) is 0 Å². The summed E-state index contributed by atoms with van der Waals surface area (Å²) in [6.07, 6.45) is 2.49. The van der Waals surface area contributed by atoms with Crippen molar-refractivity contribution < 1.29 is 13.9 Å². The van der Waals surface area contributed by atoms with Gasteiger partial charge in [0.1, 0.15) is 17.9 Å². The molecule has 1 unspecified atom stereocenters. The Labute approximate surface area is 216 Å². The van der Waals surface area contributed by atoms with Gasteiger partial charge in [0.2, 0.25) is 5.76 Å². The van der Waals surface area contributed by atoms with E-state index in [9.17, 15) is 9.59 Å². The highest BCUT2D eigenvalue weighted by Crippen LogP contribution is 2.39. The van der Waals surface area contributed by atoms with Gasteiger partial charge in [-0.25, -0.2) is 0 Å². The van der Waals surface area contributed by atoms with Crippen molar-refractivity contribution in [2.75, 3.05) is 32.8 Å². The summed E-state index contributed by atoms with van der Waals surface area (Å²) in [6, 6.07) is 18.6. The van der Waals surface area contributed by atoms with Crippen molar-refractivity contribution in [2.45, 2.75) is 26.3 Å². The van der Waals surface area contributed by atoms with Crippen LogP contribution < -0.4 is 10.2 Å². The van der Waals surface area contributed by atoms with Gasteiger partial charge in [-0.15, -0.1) is 0 Å². The molecular formula is C31H32N2O4. The highest BCUT2D eigenvalue weighted by Gasteiger charge is 2.42. The molecule has 0 aliphatic carbocycles. The third-order valence-corrected chi connectivity index (χ3v) is 7.19. The zero-order valence-electron chi connectivity index (χ0n) is 21.4. The molecule has 0 spiro atoms. The zero-order chi connectivity index (χ0) is 25.9. The first-order valence-corrected chi connectivity index (χ1v) is 12.9. The maximum absolute atomic E-state index is 13.9. The van der Waals surface area contributed by atoms with Crippen molar-refractivity contribution in [3.05, 3.63) is 100 Å². The van der Waals surface area contributed by atoms with Gasteiger partial charge >= 0.3 is 0 Å². The van der Waals surface area contributed by atoms with E-state index in [0.717, 1.165) is 42.4 Å². The van der Waals surface area contributed by atoms with Gasteiger partial charge in [-0.1, -0.05) is 69.0 Å². The smallest absolute Gasteiger partial charge is 0.290 e. The molecule has 1 atom stereocenters. The van der Waals surface area contributed by atoms with Crippen LogP contribution in [-0.4, -0.2) is 48.5 Å². The Morgan fingerprint density at radius 3 is 2.49 bits per heavy atom. The number of carbonyl (C=O) groups excluding carboxylic acids is 1. The van der Waals surface area contributed by atoms with Crippen LogP contribution in [0.2, 0.25) is 0 Å². The topological polar surface area (TPSA) is 63.0 Å².